The van der Waals surface area contributed by atoms with Crippen molar-refractivity contribution in [3.05, 3.63) is 65.5 Å². The van der Waals surface area contributed by atoms with Crippen LogP contribution in [0.3, 0.4) is 0 Å². The molecule has 0 saturated heterocycles. The topological polar surface area (TPSA) is 55.5 Å². The predicted molar refractivity (Wildman–Crippen MR) is 71.2 cm³/mol. The monoisotopic (exact) mass is 261 g/mol. The lowest BCUT2D eigenvalue weighted by Gasteiger charge is -2.14. The van der Waals surface area contributed by atoms with Crippen molar-refractivity contribution in [3.8, 4) is 5.75 Å². The minimum atomic E-state index is -0.746. The summed E-state index contributed by atoms with van der Waals surface area (Å²) in [6, 6.07) is 13.3. The number of nitrogens with two attached hydrogens (primary N) is 1. The average molecular weight is 261 g/mol. The first-order valence-corrected chi connectivity index (χ1v) is 6.05. The Balaban J connectivity index is 2.09. The highest BCUT2D eigenvalue weighted by molar-refractivity contribution is 5.35. The van der Waals surface area contributed by atoms with Gasteiger partial charge >= 0.3 is 0 Å². The molecule has 0 spiro atoms. The first kappa shape index (κ1) is 13.5. The van der Waals surface area contributed by atoms with E-state index in [4.69, 9.17) is 10.5 Å². The summed E-state index contributed by atoms with van der Waals surface area (Å²) >= 11 is 0. The molecule has 0 aliphatic heterocycles. The van der Waals surface area contributed by atoms with Gasteiger partial charge in [-0.2, -0.15) is 0 Å². The molecule has 1 atom stereocenters. The van der Waals surface area contributed by atoms with Crippen LogP contribution >= 0.6 is 0 Å². The number of aliphatic hydroxyl groups is 1. The molecule has 0 fully saturated rings. The number of aliphatic hydroxyl groups excluding tert-OH is 1. The van der Waals surface area contributed by atoms with Crippen LogP contribution in [-0.4, -0.2) is 11.7 Å². The fourth-order valence-corrected chi connectivity index (χ4v) is 1.76. The fourth-order valence-electron chi connectivity index (χ4n) is 1.76. The molecule has 0 radical (unpaired) electrons. The van der Waals surface area contributed by atoms with Gasteiger partial charge in [0.2, 0.25) is 0 Å². The summed E-state index contributed by atoms with van der Waals surface area (Å²) < 4.78 is 18.4. The molecule has 3 nitrogen and oxygen atoms in total. The molecule has 3 N–H and O–H groups in total. The molecule has 2 aromatic rings. The highest BCUT2D eigenvalue weighted by Gasteiger charge is 2.11. The Morgan fingerprint density at radius 3 is 2.47 bits per heavy atom. The first-order chi connectivity index (χ1) is 9.20. The Bertz CT molecular complexity index is 528. The van der Waals surface area contributed by atoms with E-state index in [9.17, 15) is 9.50 Å². The Kier molecular flexibility index (Phi) is 4.49. The van der Waals surface area contributed by atoms with Crippen molar-refractivity contribution in [2.45, 2.75) is 12.7 Å². The van der Waals surface area contributed by atoms with Gasteiger partial charge in [0.15, 0.2) is 0 Å². The summed E-state index contributed by atoms with van der Waals surface area (Å²) in [5, 5.41) is 9.79. The lowest BCUT2D eigenvalue weighted by molar-refractivity contribution is 0.178. The fraction of sp³-hybridized carbons (Fsp3) is 0.200. The van der Waals surface area contributed by atoms with E-state index >= 15 is 0 Å². The molecule has 0 aromatic heterocycles. The third-order valence-corrected chi connectivity index (χ3v) is 2.81. The third kappa shape index (κ3) is 3.53. The van der Waals surface area contributed by atoms with E-state index in [2.05, 4.69) is 0 Å². The van der Waals surface area contributed by atoms with Gasteiger partial charge in [0.1, 0.15) is 18.2 Å². The van der Waals surface area contributed by atoms with E-state index in [1.54, 1.807) is 24.3 Å². The molecule has 19 heavy (non-hydrogen) atoms. The van der Waals surface area contributed by atoms with E-state index in [0.717, 1.165) is 5.56 Å². The molecule has 2 rings (SSSR count). The zero-order valence-corrected chi connectivity index (χ0v) is 10.4. The minimum absolute atomic E-state index is 0.136. The van der Waals surface area contributed by atoms with E-state index in [1.807, 2.05) is 12.1 Å². The molecular weight excluding hydrogens is 245 g/mol. The first-order valence-electron chi connectivity index (χ1n) is 6.05. The van der Waals surface area contributed by atoms with Crippen molar-refractivity contribution in [1.29, 1.82) is 0 Å². The van der Waals surface area contributed by atoms with E-state index in [0.29, 0.717) is 17.9 Å². The number of rotatable bonds is 5. The van der Waals surface area contributed by atoms with Crippen LogP contribution in [0.25, 0.3) is 0 Å². The van der Waals surface area contributed by atoms with Gasteiger partial charge < -0.3 is 15.6 Å². The highest BCUT2D eigenvalue weighted by atomic mass is 19.1. The van der Waals surface area contributed by atoms with Crippen molar-refractivity contribution < 1.29 is 14.2 Å². The van der Waals surface area contributed by atoms with Gasteiger partial charge in [0, 0.05) is 12.1 Å². The smallest absolute Gasteiger partial charge is 0.125 e. The molecular formula is C15H16FNO2. The second-order valence-corrected chi connectivity index (χ2v) is 4.20. The quantitative estimate of drug-likeness (QED) is 0.869. The van der Waals surface area contributed by atoms with E-state index in [1.165, 1.54) is 12.1 Å². The molecule has 0 bridgehead atoms. The van der Waals surface area contributed by atoms with Gasteiger partial charge in [-0.15, -0.1) is 0 Å². The number of hydrogen-bond donors (Lipinski definition) is 2. The van der Waals surface area contributed by atoms with E-state index in [-0.39, 0.29) is 12.4 Å². The number of halogens is 1. The summed E-state index contributed by atoms with van der Waals surface area (Å²) in [6.45, 7) is 0.450. The van der Waals surface area contributed by atoms with Crippen molar-refractivity contribution in [2.24, 2.45) is 5.73 Å². The largest absolute Gasteiger partial charge is 0.489 e. The van der Waals surface area contributed by atoms with Gasteiger partial charge in [-0.05, 0) is 23.8 Å². The summed E-state index contributed by atoms with van der Waals surface area (Å²) in [4.78, 5) is 0. The molecule has 0 amide bonds. The van der Waals surface area contributed by atoms with Gasteiger partial charge in [-0.25, -0.2) is 4.39 Å². The second kappa shape index (κ2) is 6.31. The summed E-state index contributed by atoms with van der Waals surface area (Å²) in [5.41, 5.74) is 6.97. The van der Waals surface area contributed by atoms with Crippen LogP contribution in [0.1, 0.15) is 17.2 Å². The molecule has 1 unspecified atom stereocenters. The maximum absolute atomic E-state index is 12.8. The van der Waals surface area contributed by atoms with Gasteiger partial charge in [0.25, 0.3) is 0 Å². The Hall–Kier alpha value is -1.91. The molecule has 2 aromatic carbocycles. The molecule has 0 aliphatic rings. The van der Waals surface area contributed by atoms with Crippen LogP contribution in [0.4, 0.5) is 4.39 Å². The van der Waals surface area contributed by atoms with Gasteiger partial charge in [0.05, 0.1) is 6.10 Å². The lowest BCUT2D eigenvalue weighted by Crippen LogP contribution is -2.12. The SMILES string of the molecule is NCC(O)c1ccccc1OCc1ccc(F)cc1. The molecule has 4 heteroatoms. The highest BCUT2D eigenvalue weighted by Crippen LogP contribution is 2.25. The lowest BCUT2D eigenvalue weighted by atomic mass is 10.1. The number of ether oxygens (including phenoxy) is 1. The number of hydrogen-bond acceptors (Lipinski definition) is 3. The molecule has 0 aliphatic carbocycles. The molecule has 0 saturated carbocycles. The van der Waals surface area contributed by atoms with Gasteiger partial charge in [-0.3, -0.25) is 0 Å². The number of benzene rings is 2. The average Bonchev–Trinajstić information content (AvgIpc) is 2.46. The maximum Gasteiger partial charge on any atom is 0.125 e. The van der Waals surface area contributed by atoms with E-state index < -0.39 is 6.10 Å². The van der Waals surface area contributed by atoms with Crippen LogP contribution in [-0.2, 0) is 6.61 Å². The van der Waals surface area contributed by atoms with Crippen LogP contribution in [0, 0.1) is 5.82 Å². The van der Waals surface area contributed by atoms with Crippen LogP contribution in [0.2, 0.25) is 0 Å². The predicted octanol–water partition coefficient (Wildman–Crippen LogP) is 2.40. The molecule has 100 valence electrons. The third-order valence-electron chi connectivity index (χ3n) is 2.81. The second-order valence-electron chi connectivity index (χ2n) is 4.20. The zero-order chi connectivity index (χ0) is 13.7. The van der Waals surface area contributed by atoms with Gasteiger partial charge in [-0.1, -0.05) is 30.3 Å². The van der Waals surface area contributed by atoms with Crippen LogP contribution in [0.15, 0.2) is 48.5 Å². The Morgan fingerprint density at radius 1 is 1.11 bits per heavy atom. The van der Waals surface area contributed by atoms with Crippen molar-refractivity contribution >= 4 is 0 Å². The van der Waals surface area contributed by atoms with Crippen LogP contribution in [0.5, 0.6) is 5.75 Å². The Morgan fingerprint density at radius 2 is 1.79 bits per heavy atom. The maximum atomic E-state index is 12.8. The summed E-state index contributed by atoms with van der Waals surface area (Å²) in [7, 11) is 0. The zero-order valence-electron chi connectivity index (χ0n) is 10.4. The van der Waals surface area contributed by atoms with Crippen molar-refractivity contribution in [2.75, 3.05) is 6.54 Å². The number of para-hydroxylation sites is 1. The van der Waals surface area contributed by atoms with Crippen molar-refractivity contribution in [3.63, 3.8) is 0 Å². The standard InChI is InChI=1S/C15H16FNO2/c16-12-7-5-11(6-8-12)10-19-15-4-2-1-3-13(15)14(18)9-17/h1-8,14,18H,9-10,17H2. The van der Waals surface area contributed by atoms with Crippen molar-refractivity contribution in [1.82, 2.24) is 0 Å². The molecule has 0 heterocycles. The van der Waals surface area contributed by atoms with Crippen LogP contribution < -0.4 is 10.5 Å². The summed E-state index contributed by atoms with van der Waals surface area (Å²) in [6.07, 6.45) is -0.746. The minimum Gasteiger partial charge on any atom is -0.489 e. The summed E-state index contributed by atoms with van der Waals surface area (Å²) in [5.74, 6) is 0.312. The Labute approximate surface area is 111 Å². The normalized spacial score (nSPS) is 12.2.